The minimum atomic E-state index is -0.326. The number of rotatable bonds is 3. The number of β-amino-alcohol motifs (C(OH)–C–C–N with tert-alkyl or cyclic N) is 1. The largest absolute Gasteiger partial charge is 0.392 e. The molecule has 4 nitrogen and oxygen atoms in total. The summed E-state index contributed by atoms with van der Waals surface area (Å²) in [5.74, 6) is 0.0311. The van der Waals surface area contributed by atoms with Gasteiger partial charge in [-0.05, 0) is 31.5 Å². The minimum Gasteiger partial charge on any atom is -0.392 e. The van der Waals surface area contributed by atoms with E-state index in [9.17, 15) is 9.90 Å². The Morgan fingerprint density at radius 3 is 2.55 bits per heavy atom. The lowest BCUT2D eigenvalue weighted by molar-refractivity contribution is 0.0554. The summed E-state index contributed by atoms with van der Waals surface area (Å²) in [5.41, 5.74) is 1.62. The molecule has 1 aromatic carbocycles. The third-order valence-corrected chi connectivity index (χ3v) is 4.01. The molecule has 0 bridgehead atoms. The van der Waals surface area contributed by atoms with Crippen molar-refractivity contribution in [2.45, 2.75) is 20.0 Å². The van der Waals surface area contributed by atoms with Crippen molar-refractivity contribution in [1.29, 1.82) is 0 Å². The van der Waals surface area contributed by atoms with Gasteiger partial charge in [0.25, 0.3) is 5.91 Å². The Morgan fingerprint density at radius 1 is 1.35 bits per heavy atom. The van der Waals surface area contributed by atoms with E-state index in [0.29, 0.717) is 30.2 Å². The number of piperazine rings is 1. The second kappa shape index (κ2) is 6.57. The van der Waals surface area contributed by atoms with Crippen molar-refractivity contribution in [3.05, 3.63) is 34.3 Å². The number of carbonyl (C=O) groups is 1. The number of aliphatic hydroxyl groups is 1. The van der Waals surface area contributed by atoms with Crippen molar-refractivity contribution in [3.63, 3.8) is 0 Å². The molecule has 0 spiro atoms. The fourth-order valence-electron chi connectivity index (χ4n) is 2.42. The fraction of sp³-hybridized carbons (Fsp3) is 0.533. The maximum atomic E-state index is 12.4. The van der Waals surface area contributed by atoms with Crippen molar-refractivity contribution in [2.24, 2.45) is 0 Å². The van der Waals surface area contributed by atoms with Crippen LogP contribution in [0, 0.1) is 6.92 Å². The molecule has 1 fully saturated rings. The van der Waals surface area contributed by atoms with Crippen LogP contribution in [0.5, 0.6) is 0 Å². The van der Waals surface area contributed by atoms with Gasteiger partial charge < -0.3 is 10.0 Å². The predicted octanol–water partition coefficient (Wildman–Crippen LogP) is 1.79. The van der Waals surface area contributed by atoms with Gasteiger partial charge in [0.05, 0.1) is 6.10 Å². The summed E-state index contributed by atoms with van der Waals surface area (Å²) in [4.78, 5) is 16.4. The number of aryl methyl sites for hydroxylation is 1. The lowest BCUT2D eigenvalue weighted by Crippen LogP contribution is -2.50. The van der Waals surface area contributed by atoms with E-state index in [1.54, 1.807) is 13.0 Å². The van der Waals surface area contributed by atoms with Crippen LogP contribution in [0.25, 0.3) is 0 Å². The molecule has 1 N–H and O–H groups in total. The molecule has 1 aliphatic heterocycles. The molecule has 20 heavy (non-hydrogen) atoms. The van der Waals surface area contributed by atoms with Crippen LogP contribution in [-0.4, -0.2) is 59.6 Å². The van der Waals surface area contributed by atoms with E-state index in [0.717, 1.165) is 18.7 Å². The first-order chi connectivity index (χ1) is 9.47. The number of benzene rings is 1. The number of nitrogens with zero attached hydrogens (tertiary/aromatic N) is 2. The third kappa shape index (κ3) is 3.72. The molecule has 1 heterocycles. The van der Waals surface area contributed by atoms with Crippen LogP contribution in [0.15, 0.2) is 18.2 Å². The normalized spacial score (nSPS) is 18.1. The Hall–Kier alpha value is -1.10. The standard InChI is InChI=1S/C15H21ClN2O2/c1-11-3-4-13(9-14(11)16)15(20)18-7-5-17(6-8-18)10-12(2)19/h3-4,9,12,19H,5-8,10H2,1-2H3/t12-/m1/s1. The summed E-state index contributed by atoms with van der Waals surface area (Å²) in [7, 11) is 0. The monoisotopic (exact) mass is 296 g/mol. The lowest BCUT2D eigenvalue weighted by Gasteiger charge is -2.35. The molecule has 0 radical (unpaired) electrons. The lowest BCUT2D eigenvalue weighted by atomic mass is 10.1. The van der Waals surface area contributed by atoms with Gasteiger partial charge in [-0.15, -0.1) is 0 Å². The highest BCUT2D eigenvalue weighted by molar-refractivity contribution is 6.31. The number of halogens is 1. The van der Waals surface area contributed by atoms with Crippen molar-refractivity contribution in [3.8, 4) is 0 Å². The topological polar surface area (TPSA) is 43.8 Å². The number of hydrogen-bond acceptors (Lipinski definition) is 3. The molecule has 0 unspecified atom stereocenters. The minimum absolute atomic E-state index is 0.0311. The first-order valence-electron chi connectivity index (χ1n) is 6.93. The quantitative estimate of drug-likeness (QED) is 0.925. The van der Waals surface area contributed by atoms with Crippen LogP contribution in [0.2, 0.25) is 5.02 Å². The second-order valence-corrected chi connectivity index (χ2v) is 5.81. The highest BCUT2D eigenvalue weighted by Crippen LogP contribution is 2.18. The molecule has 1 aliphatic rings. The molecule has 1 aromatic rings. The molecule has 1 atom stereocenters. The summed E-state index contributed by atoms with van der Waals surface area (Å²) in [6, 6.07) is 5.44. The zero-order valence-corrected chi connectivity index (χ0v) is 12.7. The highest BCUT2D eigenvalue weighted by Gasteiger charge is 2.22. The van der Waals surface area contributed by atoms with Crippen molar-refractivity contribution in [1.82, 2.24) is 9.80 Å². The Bertz CT molecular complexity index is 483. The van der Waals surface area contributed by atoms with Crippen LogP contribution in [0.4, 0.5) is 0 Å². The van der Waals surface area contributed by atoms with Crippen LogP contribution in [-0.2, 0) is 0 Å². The van der Waals surface area contributed by atoms with Crippen molar-refractivity contribution < 1.29 is 9.90 Å². The molecule has 1 amide bonds. The number of carbonyl (C=O) groups excluding carboxylic acids is 1. The van der Waals surface area contributed by atoms with Crippen molar-refractivity contribution >= 4 is 17.5 Å². The van der Waals surface area contributed by atoms with E-state index >= 15 is 0 Å². The Balaban J connectivity index is 1.96. The van der Waals surface area contributed by atoms with E-state index in [2.05, 4.69) is 4.90 Å². The second-order valence-electron chi connectivity index (χ2n) is 5.41. The third-order valence-electron chi connectivity index (χ3n) is 3.60. The van der Waals surface area contributed by atoms with Gasteiger partial charge in [-0.25, -0.2) is 0 Å². The van der Waals surface area contributed by atoms with E-state index in [-0.39, 0.29) is 12.0 Å². The number of hydrogen-bond donors (Lipinski definition) is 1. The summed E-state index contributed by atoms with van der Waals surface area (Å²) >= 11 is 6.07. The summed E-state index contributed by atoms with van der Waals surface area (Å²) in [5, 5.41) is 10.0. The van der Waals surface area contributed by atoms with Crippen LogP contribution in [0.3, 0.4) is 0 Å². The summed E-state index contributed by atoms with van der Waals surface area (Å²) in [6.07, 6.45) is -0.326. The van der Waals surface area contributed by atoms with Gasteiger partial charge in [0.1, 0.15) is 0 Å². The molecule has 2 rings (SSSR count). The molecular weight excluding hydrogens is 276 g/mol. The van der Waals surface area contributed by atoms with Gasteiger partial charge in [0, 0.05) is 43.3 Å². The first kappa shape index (κ1) is 15.3. The smallest absolute Gasteiger partial charge is 0.253 e. The zero-order valence-electron chi connectivity index (χ0n) is 12.0. The highest BCUT2D eigenvalue weighted by atomic mass is 35.5. The van der Waals surface area contributed by atoms with E-state index in [1.807, 2.05) is 24.0 Å². The molecule has 1 saturated heterocycles. The fourth-order valence-corrected chi connectivity index (χ4v) is 2.60. The Labute approximate surface area is 124 Å². The van der Waals surface area contributed by atoms with Gasteiger partial charge in [0.15, 0.2) is 0 Å². The SMILES string of the molecule is Cc1ccc(C(=O)N2CCN(C[C@@H](C)O)CC2)cc1Cl. The van der Waals surface area contributed by atoms with Crippen LogP contribution >= 0.6 is 11.6 Å². The zero-order chi connectivity index (χ0) is 14.7. The molecule has 0 saturated carbocycles. The van der Waals surface area contributed by atoms with Gasteiger partial charge in [-0.1, -0.05) is 17.7 Å². The van der Waals surface area contributed by atoms with Gasteiger partial charge in [-0.2, -0.15) is 0 Å². The Kier molecular flexibility index (Phi) is 5.02. The molecule has 110 valence electrons. The average molecular weight is 297 g/mol. The predicted molar refractivity (Wildman–Crippen MR) is 80.2 cm³/mol. The van der Waals surface area contributed by atoms with E-state index in [1.165, 1.54) is 0 Å². The molecule has 5 heteroatoms. The van der Waals surface area contributed by atoms with Gasteiger partial charge in [0.2, 0.25) is 0 Å². The summed E-state index contributed by atoms with van der Waals surface area (Å²) in [6.45, 7) is 7.36. The maximum Gasteiger partial charge on any atom is 0.253 e. The molecular formula is C15H21ClN2O2. The van der Waals surface area contributed by atoms with E-state index in [4.69, 9.17) is 11.6 Å². The maximum absolute atomic E-state index is 12.4. The summed E-state index contributed by atoms with van der Waals surface area (Å²) < 4.78 is 0. The number of amides is 1. The van der Waals surface area contributed by atoms with Gasteiger partial charge >= 0.3 is 0 Å². The van der Waals surface area contributed by atoms with E-state index < -0.39 is 0 Å². The Morgan fingerprint density at radius 2 is 2.00 bits per heavy atom. The van der Waals surface area contributed by atoms with Gasteiger partial charge in [-0.3, -0.25) is 9.69 Å². The average Bonchev–Trinajstić information content (AvgIpc) is 2.41. The van der Waals surface area contributed by atoms with Crippen LogP contribution in [0.1, 0.15) is 22.8 Å². The van der Waals surface area contributed by atoms with Crippen molar-refractivity contribution in [2.75, 3.05) is 32.7 Å². The van der Waals surface area contributed by atoms with Crippen LogP contribution < -0.4 is 0 Å². The number of aliphatic hydroxyl groups excluding tert-OH is 1. The first-order valence-corrected chi connectivity index (χ1v) is 7.31. The molecule has 0 aliphatic carbocycles. The molecule has 0 aromatic heterocycles.